The van der Waals surface area contributed by atoms with E-state index in [2.05, 4.69) is 41.5 Å². The largest absolute Gasteiger partial charge is 0.465 e. The number of fused-ring (bicyclic) bond motifs is 1. The van der Waals surface area contributed by atoms with Crippen LogP contribution in [0.2, 0.25) is 0 Å². The topological polar surface area (TPSA) is 86.1 Å². The van der Waals surface area contributed by atoms with Gasteiger partial charge in [-0.2, -0.15) is 0 Å². The van der Waals surface area contributed by atoms with Gasteiger partial charge in [-0.25, -0.2) is 4.79 Å². The van der Waals surface area contributed by atoms with E-state index < -0.39 is 5.97 Å². The van der Waals surface area contributed by atoms with Crippen molar-refractivity contribution in [2.24, 2.45) is 7.05 Å². The van der Waals surface area contributed by atoms with Gasteiger partial charge >= 0.3 is 5.97 Å². The maximum atomic E-state index is 12.7. The fourth-order valence-corrected chi connectivity index (χ4v) is 5.98. The van der Waals surface area contributed by atoms with Crippen LogP contribution in [-0.2, 0) is 29.4 Å². The van der Waals surface area contributed by atoms with Crippen LogP contribution in [0.5, 0.6) is 0 Å². The molecule has 1 aromatic carbocycles. The first kappa shape index (κ1) is 23.5. The predicted molar refractivity (Wildman–Crippen MR) is 132 cm³/mol. The quantitative estimate of drug-likeness (QED) is 0.372. The zero-order chi connectivity index (χ0) is 23.5. The molecule has 0 fully saturated rings. The van der Waals surface area contributed by atoms with E-state index in [1.807, 2.05) is 23.7 Å². The van der Waals surface area contributed by atoms with Crippen molar-refractivity contribution in [2.45, 2.75) is 50.6 Å². The van der Waals surface area contributed by atoms with E-state index in [0.29, 0.717) is 21.6 Å². The Bertz CT molecular complexity index is 1170. The predicted octanol–water partition coefficient (Wildman–Crippen LogP) is 5.06. The Morgan fingerprint density at radius 1 is 1.18 bits per heavy atom. The molecule has 0 atom stereocenters. The third-order valence-electron chi connectivity index (χ3n) is 5.82. The summed E-state index contributed by atoms with van der Waals surface area (Å²) in [4.78, 5) is 26.3. The van der Waals surface area contributed by atoms with Crippen LogP contribution in [0.3, 0.4) is 0 Å². The van der Waals surface area contributed by atoms with Crippen molar-refractivity contribution in [1.82, 2.24) is 14.8 Å². The van der Waals surface area contributed by atoms with Gasteiger partial charge in [0, 0.05) is 17.5 Å². The van der Waals surface area contributed by atoms with Crippen LogP contribution >= 0.6 is 23.1 Å². The zero-order valence-electron chi connectivity index (χ0n) is 19.3. The highest BCUT2D eigenvalue weighted by molar-refractivity contribution is 7.99. The van der Waals surface area contributed by atoms with Gasteiger partial charge in [-0.1, -0.05) is 49.9 Å². The molecule has 4 rings (SSSR count). The van der Waals surface area contributed by atoms with Crippen LogP contribution in [0.4, 0.5) is 5.00 Å². The Hall–Kier alpha value is -2.65. The lowest BCUT2D eigenvalue weighted by Crippen LogP contribution is -2.17. The standard InChI is InChI=1S/C24H28N4O3S2/c1-14(2)15-9-11-16(12-10-15)21-26-27-24(28(21)3)32-13-19(29)25-22-20(23(30)31-4)17-7-5-6-8-18(17)33-22/h9-12,14H,5-8,13H2,1-4H3,(H,25,29). The van der Waals surface area contributed by atoms with Gasteiger partial charge in [0.1, 0.15) is 5.00 Å². The summed E-state index contributed by atoms with van der Waals surface area (Å²) in [6.45, 7) is 4.33. The minimum absolute atomic E-state index is 0.168. The molecule has 0 bridgehead atoms. The normalized spacial score (nSPS) is 13.1. The van der Waals surface area contributed by atoms with Crippen molar-refractivity contribution in [3.63, 3.8) is 0 Å². The second kappa shape index (κ2) is 10.1. The number of carbonyl (C=O) groups is 2. The Morgan fingerprint density at radius 2 is 1.91 bits per heavy atom. The van der Waals surface area contributed by atoms with Gasteiger partial charge in [0.15, 0.2) is 11.0 Å². The second-order valence-electron chi connectivity index (χ2n) is 8.39. The number of thiophene rings is 1. The minimum atomic E-state index is -0.390. The average Bonchev–Trinajstić information content (AvgIpc) is 3.36. The molecular formula is C24H28N4O3S2. The number of hydrogen-bond acceptors (Lipinski definition) is 7. The van der Waals surface area contributed by atoms with Gasteiger partial charge < -0.3 is 14.6 Å². The Morgan fingerprint density at radius 3 is 2.61 bits per heavy atom. The molecule has 3 aromatic rings. The molecule has 1 N–H and O–H groups in total. The van der Waals surface area contributed by atoms with E-state index in [9.17, 15) is 9.59 Å². The summed E-state index contributed by atoms with van der Waals surface area (Å²) in [5.41, 5.74) is 3.80. The Kier molecular flexibility index (Phi) is 7.19. The number of amides is 1. The van der Waals surface area contributed by atoms with Crippen LogP contribution in [-0.4, -0.2) is 39.5 Å². The lowest BCUT2D eigenvalue weighted by atomic mass is 9.95. The number of rotatable bonds is 7. The molecule has 0 radical (unpaired) electrons. The number of nitrogens with one attached hydrogen (secondary N) is 1. The average molecular weight is 485 g/mol. The minimum Gasteiger partial charge on any atom is -0.465 e. The molecule has 0 saturated carbocycles. The molecule has 1 aliphatic rings. The molecule has 0 aliphatic heterocycles. The summed E-state index contributed by atoms with van der Waals surface area (Å²) in [5.74, 6) is 0.818. The van der Waals surface area contributed by atoms with Crippen molar-refractivity contribution in [3.05, 3.63) is 45.8 Å². The first-order valence-corrected chi connectivity index (χ1v) is 12.8. The number of hydrogen-bond donors (Lipinski definition) is 1. The molecule has 174 valence electrons. The lowest BCUT2D eigenvalue weighted by Gasteiger charge is -2.11. The summed E-state index contributed by atoms with van der Waals surface area (Å²) in [5, 5.41) is 12.8. The first-order valence-electron chi connectivity index (χ1n) is 11.0. The lowest BCUT2D eigenvalue weighted by molar-refractivity contribution is -0.113. The SMILES string of the molecule is COC(=O)c1c(NC(=O)CSc2nnc(-c3ccc(C(C)C)cc3)n2C)sc2c1CCCC2. The van der Waals surface area contributed by atoms with Gasteiger partial charge in [0.25, 0.3) is 0 Å². The number of methoxy groups -OCH3 is 1. The van der Waals surface area contributed by atoms with E-state index in [1.165, 1.54) is 40.6 Å². The molecule has 7 nitrogen and oxygen atoms in total. The number of nitrogens with zero attached hydrogens (tertiary/aromatic N) is 3. The third kappa shape index (κ3) is 4.99. The monoisotopic (exact) mass is 484 g/mol. The van der Waals surface area contributed by atoms with E-state index in [-0.39, 0.29) is 11.7 Å². The highest BCUT2D eigenvalue weighted by Gasteiger charge is 2.27. The summed E-state index contributed by atoms with van der Waals surface area (Å²) >= 11 is 2.81. The summed E-state index contributed by atoms with van der Waals surface area (Å²) in [7, 11) is 3.27. The number of carbonyl (C=O) groups excluding carboxylic acids is 2. The third-order valence-corrected chi connectivity index (χ3v) is 8.04. The smallest absolute Gasteiger partial charge is 0.341 e. The van der Waals surface area contributed by atoms with Crippen LogP contribution in [0, 0.1) is 0 Å². The van der Waals surface area contributed by atoms with Crippen molar-refractivity contribution >= 4 is 40.0 Å². The van der Waals surface area contributed by atoms with Crippen molar-refractivity contribution in [3.8, 4) is 11.4 Å². The fourth-order valence-electron chi connectivity index (χ4n) is 3.97. The number of aryl methyl sites for hydroxylation is 1. The summed E-state index contributed by atoms with van der Waals surface area (Å²) in [6, 6.07) is 8.31. The van der Waals surface area contributed by atoms with Gasteiger partial charge in [0.2, 0.25) is 5.91 Å². The van der Waals surface area contributed by atoms with E-state index in [4.69, 9.17) is 4.74 Å². The number of anilines is 1. The highest BCUT2D eigenvalue weighted by Crippen LogP contribution is 2.38. The maximum absolute atomic E-state index is 12.7. The van der Waals surface area contributed by atoms with Gasteiger partial charge in [-0.05, 0) is 42.7 Å². The van der Waals surface area contributed by atoms with Gasteiger partial charge in [-0.15, -0.1) is 21.5 Å². The first-order chi connectivity index (χ1) is 15.9. The molecule has 2 aromatic heterocycles. The Labute approximate surface area is 201 Å². The van der Waals surface area contributed by atoms with Crippen molar-refractivity contribution < 1.29 is 14.3 Å². The number of ether oxygens (including phenoxy) is 1. The Balaban J connectivity index is 1.44. The molecule has 9 heteroatoms. The molecule has 0 unspecified atom stereocenters. The zero-order valence-corrected chi connectivity index (χ0v) is 20.9. The molecule has 1 aliphatic carbocycles. The van der Waals surface area contributed by atoms with E-state index >= 15 is 0 Å². The van der Waals surface area contributed by atoms with Crippen molar-refractivity contribution in [2.75, 3.05) is 18.2 Å². The number of thioether (sulfide) groups is 1. The van der Waals surface area contributed by atoms with E-state index in [0.717, 1.165) is 42.6 Å². The molecule has 2 heterocycles. The van der Waals surface area contributed by atoms with Crippen LogP contribution in [0.15, 0.2) is 29.4 Å². The molecule has 33 heavy (non-hydrogen) atoms. The number of aromatic nitrogens is 3. The summed E-state index contributed by atoms with van der Waals surface area (Å²) < 4.78 is 6.88. The molecule has 0 saturated heterocycles. The van der Waals surface area contributed by atoms with Crippen LogP contribution in [0.1, 0.15) is 59.0 Å². The van der Waals surface area contributed by atoms with E-state index in [1.54, 1.807) is 0 Å². The van der Waals surface area contributed by atoms with Gasteiger partial charge in [0.05, 0.1) is 18.4 Å². The number of esters is 1. The maximum Gasteiger partial charge on any atom is 0.341 e. The highest BCUT2D eigenvalue weighted by atomic mass is 32.2. The van der Waals surface area contributed by atoms with Crippen molar-refractivity contribution in [1.29, 1.82) is 0 Å². The summed E-state index contributed by atoms with van der Waals surface area (Å²) in [6.07, 6.45) is 3.94. The second-order valence-corrected chi connectivity index (χ2v) is 10.4. The van der Waals surface area contributed by atoms with Crippen LogP contribution < -0.4 is 5.32 Å². The molecule has 0 spiro atoms. The molecular weight excluding hydrogens is 456 g/mol. The van der Waals surface area contributed by atoms with Gasteiger partial charge in [-0.3, -0.25) is 4.79 Å². The molecule has 1 amide bonds. The fraction of sp³-hybridized carbons (Fsp3) is 0.417. The van der Waals surface area contributed by atoms with Crippen LogP contribution in [0.25, 0.3) is 11.4 Å². The number of benzene rings is 1.